The minimum absolute atomic E-state index is 0.176. The van der Waals surface area contributed by atoms with Crippen LogP contribution in [0.3, 0.4) is 0 Å². The lowest BCUT2D eigenvalue weighted by atomic mass is 10.2. The van der Waals surface area contributed by atoms with Gasteiger partial charge in [0.15, 0.2) is 11.6 Å². The molecule has 2 rings (SSSR count). The van der Waals surface area contributed by atoms with Gasteiger partial charge < -0.3 is 13.8 Å². The summed E-state index contributed by atoms with van der Waals surface area (Å²) in [6, 6.07) is 0. The Morgan fingerprint density at radius 2 is 1.86 bits per heavy atom. The molecule has 122 valence electrons. The lowest BCUT2D eigenvalue weighted by Gasteiger charge is -2.11. The van der Waals surface area contributed by atoms with E-state index in [0.717, 1.165) is 0 Å². The molecule has 0 radical (unpaired) electrons. The topological polar surface area (TPSA) is 90.3 Å². The molecule has 0 saturated carbocycles. The van der Waals surface area contributed by atoms with Crippen molar-refractivity contribution in [2.24, 2.45) is 5.92 Å². The molecular weight excluding hydrogens is 286 g/mol. The van der Waals surface area contributed by atoms with Crippen LogP contribution in [0, 0.1) is 12.8 Å². The van der Waals surface area contributed by atoms with Crippen LogP contribution in [0.5, 0.6) is 0 Å². The van der Waals surface area contributed by atoms with Crippen molar-refractivity contribution < 1.29 is 13.8 Å². The van der Waals surface area contributed by atoms with E-state index in [-0.39, 0.29) is 6.10 Å². The minimum atomic E-state index is -0.176. The molecule has 8 nitrogen and oxygen atoms in total. The fourth-order valence-corrected chi connectivity index (χ4v) is 1.84. The second-order valence-corrected chi connectivity index (χ2v) is 5.82. The highest BCUT2D eigenvalue weighted by Gasteiger charge is 2.16. The van der Waals surface area contributed by atoms with Crippen LogP contribution in [0.1, 0.15) is 50.3 Å². The summed E-state index contributed by atoms with van der Waals surface area (Å²) in [6.45, 7) is 9.61. The summed E-state index contributed by atoms with van der Waals surface area (Å²) in [5.74, 6) is 2.77. The molecule has 0 unspecified atom stereocenters. The van der Waals surface area contributed by atoms with E-state index < -0.39 is 0 Å². The van der Waals surface area contributed by atoms with Gasteiger partial charge >= 0.3 is 0 Å². The van der Waals surface area contributed by atoms with E-state index in [4.69, 9.17) is 13.8 Å². The maximum atomic E-state index is 5.68. The summed E-state index contributed by atoms with van der Waals surface area (Å²) < 4.78 is 15.9. The van der Waals surface area contributed by atoms with Crippen molar-refractivity contribution in [1.82, 2.24) is 25.2 Å². The van der Waals surface area contributed by atoms with Crippen LogP contribution in [0.4, 0.5) is 0 Å². The molecule has 2 aromatic heterocycles. The zero-order chi connectivity index (χ0) is 16.1. The second kappa shape index (κ2) is 7.46. The van der Waals surface area contributed by atoms with Gasteiger partial charge in [0.05, 0.1) is 13.1 Å². The zero-order valence-electron chi connectivity index (χ0n) is 13.7. The van der Waals surface area contributed by atoms with Gasteiger partial charge in [0, 0.05) is 13.5 Å². The van der Waals surface area contributed by atoms with Gasteiger partial charge in [-0.15, -0.1) is 0 Å². The molecule has 22 heavy (non-hydrogen) atoms. The molecule has 0 spiro atoms. The van der Waals surface area contributed by atoms with Crippen molar-refractivity contribution in [2.45, 2.75) is 46.9 Å². The van der Waals surface area contributed by atoms with Crippen LogP contribution in [-0.4, -0.2) is 38.8 Å². The van der Waals surface area contributed by atoms with Gasteiger partial charge in [-0.1, -0.05) is 24.2 Å². The third kappa shape index (κ3) is 4.88. The van der Waals surface area contributed by atoms with Gasteiger partial charge in [0.1, 0.15) is 6.10 Å². The maximum absolute atomic E-state index is 5.68. The largest absolute Gasteiger partial charge is 0.370 e. The van der Waals surface area contributed by atoms with Gasteiger partial charge in [-0.3, -0.25) is 4.90 Å². The Hall–Kier alpha value is -1.80. The lowest BCUT2D eigenvalue weighted by molar-refractivity contribution is 0.0402. The molecule has 0 aromatic carbocycles. The smallest absolute Gasteiger partial charge is 0.240 e. The first-order chi connectivity index (χ1) is 10.4. The fraction of sp³-hybridized carbons (Fsp3) is 0.714. The first-order valence-corrected chi connectivity index (χ1v) is 7.36. The molecule has 0 aliphatic carbocycles. The Morgan fingerprint density at radius 1 is 1.09 bits per heavy atom. The van der Waals surface area contributed by atoms with Crippen LogP contribution >= 0.6 is 0 Å². The van der Waals surface area contributed by atoms with Gasteiger partial charge in [-0.25, -0.2) is 0 Å². The first-order valence-electron chi connectivity index (χ1n) is 7.36. The van der Waals surface area contributed by atoms with Crippen LogP contribution in [0.2, 0.25) is 0 Å². The molecule has 2 heterocycles. The van der Waals surface area contributed by atoms with E-state index in [1.54, 1.807) is 6.92 Å². The predicted octanol–water partition coefficient (Wildman–Crippen LogP) is 2.13. The fourth-order valence-electron chi connectivity index (χ4n) is 1.84. The van der Waals surface area contributed by atoms with Crippen molar-refractivity contribution in [1.29, 1.82) is 0 Å². The highest BCUT2D eigenvalue weighted by atomic mass is 16.5. The average Bonchev–Trinajstić information content (AvgIpc) is 3.05. The SMILES string of the molecule is Cc1nc(CN(C)Cc2nc([C@@H](C)OCC(C)C)no2)no1. The number of aromatic nitrogens is 4. The number of hydrogen-bond donors (Lipinski definition) is 0. The summed E-state index contributed by atoms with van der Waals surface area (Å²) in [5.41, 5.74) is 0. The molecule has 0 aliphatic rings. The normalized spacial score (nSPS) is 13.2. The van der Waals surface area contributed by atoms with Crippen molar-refractivity contribution >= 4 is 0 Å². The summed E-state index contributed by atoms with van der Waals surface area (Å²) in [5, 5.41) is 7.83. The van der Waals surface area contributed by atoms with Gasteiger partial charge in [0.2, 0.25) is 11.8 Å². The third-order valence-electron chi connectivity index (χ3n) is 2.91. The summed E-state index contributed by atoms with van der Waals surface area (Å²) >= 11 is 0. The van der Waals surface area contributed by atoms with Crippen LogP contribution in [-0.2, 0) is 17.8 Å². The second-order valence-electron chi connectivity index (χ2n) is 5.82. The highest BCUT2D eigenvalue weighted by molar-refractivity contribution is 4.91. The quantitative estimate of drug-likeness (QED) is 0.732. The number of aryl methyl sites for hydroxylation is 1. The molecular formula is C14H23N5O3. The minimum Gasteiger partial charge on any atom is -0.370 e. The number of ether oxygens (including phenoxy) is 1. The van der Waals surface area contributed by atoms with Crippen LogP contribution in [0.25, 0.3) is 0 Å². The monoisotopic (exact) mass is 309 g/mol. The van der Waals surface area contributed by atoms with Gasteiger partial charge in [-0.2, -0.15) is 9.97 Å². The van der Waals surface area contributed by atoms with E-state index in [1.807, 2.05) is 18.9 Å². The Labute approximate surface area is 129 Å². The molecule has 1 atom stereocenters. The van der Waals surface area contributed by atoms with Crippen LogP contribution < -0.4 is 0 Å². The molecule has 0 N–H and O–H groups in total. The highest BCUT2D eigenvalue weighted by Crippen LogP contribution is 2.15. The van der Waals surface area contributed by atoms with Crippen molar-refractivity contribution in [3.63, 3.8) is 0 Å². The Bertz CT molecular complexity index is 581. The van der Waals surface area contributed by atoms with E-state index in [0.29, 0.717) is 49.0 Å². The van der Waals surface area contributed by atoms with Gasteiger partial charge in [0.25, 0.3) is 0 Å². The molecule has 0 aliphatic heterocycles. The Kier molecular flexibility index (Phi) is 5.62. The third-order valence-corrected chi connectivity index (χ3v) is 2.91. The summed E-state index contributed by atoms with van der Waals surface area (Å²) in [4.78, 5) is 10.5. The van der Waals surface area contributed by atoms with Gasteiger partial charge in [-0.05, 0) is 19.9 Å². The van der Waals surface area contributed by atoms with E-state index in [1.165, 1.54) is 0 Å². The Balaban J connectivity index is 1.85. The Morgan fingerprint density at radius 3 is 2.50 bits per heavy atom. The van der Waals surface area contributed by atoms with Crippen molar-refractivity contribution in [2.75, 3.05) is 13.7 Å². The molecule has 8 heteroatoms. The maximum Gasteiger partial charge on any atom is 0.240 e. The van der Waals surface area contributed by atoms with Crippen molar-refractivity contribution in [3.8, 4) is 0 Å². The van der Waals surface area contributed by atoms with E-state index in [2.05, 4.69) is 34.1 Å². The lowest BCUT2D eigenvalue weighted by Crippen LogP contribution is -2.18. The number of hydrogen-bond acceptors (Lipinski definition) is 8. The van der Waals surface area contributed by atoms with E-state index >= 15 is 0 Å². The average molecular weight is 309 g/mol. The van der Waals surface area contributed by atoms with E-state index in [9.17, 15) is 0 Å². The summed E-state index contributed by atoms with van der Waals surface area (Å²) in [7, 11) is 1.92. The standard InChI is InChI=1S/C14H23N5O3/c1-9(2)8-20-10(3)14-16-13(22-18-14)7-19(5)6-12-15-11(4)21-17-12/h9-10H,6-8H2,1-5H3/t10-/m1/s1. The number of rotatable bonds is 8. The van der Waals surface area contributed by atoms with Crippen LogP contribution in [0.15, 0.2) is 9.05 Å². The first kappa shape index (κ1) is 16.6. The molecule has 0 bridgehead atoms. The molecule has 0 amide bonds. The predicted molar refractivity (Wildman–Crippen MR) is 77.7 cm³/mol. The van der Waals surface area contributed by atoms with Crippen molar-refractivity contribution in [3.05, 3.63) is 23.4 Å². The number of nitrogens with zero attached hydrogens (tertiary/aromatic N) is 5. The summed E-state index contributed by atoms with van der Waals surface area (Å²) in [6.07, 6.45) is -0.176. The zero-order valence-corrected chi connectivity index (χ0v) is 13.7. The molecule has 2 aromatic rings. The molecule has 0 saturated heterocycles. The molecule has 0 fully saturated rings.